The Hall–Kier alpha value is -3.25. The molecule has 0 radical (unpaired) electrons. The second kappa shape index (κ2) is 8.63. The van der Waals surface area contributed by atoms with E-state index in [1.807, 2.05) is 52.0 Å². The molecule has 2 aliphatic heterocycles. The van der Waals surface area contributed by atoms with E-state index in [0.717, 1.165) is 5.56 Å². The molecule has 0 saturated carbocycles. The smallest absolute Gasteiger partial charge is 0.300 e. The van der Waals surface area contributed by atoms with Crippen molar-refractivity contribution < 1.29 is 30.4 Å². The Morgan fingerprint density at radius 2 is 1.68 bits per heavy atom. The minimum atomic E-state index is -4.94. The van der Waals surface area contributed by atoms with Gasteiger partial charge < -0.3 is 9.73 Å². The number of nitrogens with one attached hydrogen (secondary N) is 2. The number of hydrogen-bond donors (Lipinski definition) is 4. The lowest BCUT2D eigenvalue weighted by molar-refractivity contribution is 0.474. The number of hydrogen-bond acceptors (Lipinski definition) is 7. The van der Waals surface area contributed by atoms with Crippen molar-refractivity contribution in [3.05, 3.63) is 58.9 Å². The summed E-state index contributed by atoms with van der Waals surface area (Å²) in [6.07, 6.45) is 1.23. The van der Waals surface area contributed by atoms with E-state index in [2.05, 4.69) is 5.32 Å². The molecular weight excluding hydrogens is 528 g/mol. The van der Waals surface area contributed by atoms with Gasteiger partial charge in [0.05, 0.1) is 11.0 Å². The van der Waals surface area contributed by atoms with Crippen LogP contribution in [0, 0.1) is 5.41 Å². The second-order valence-corrected chi connectivity index (χ2v) is 13.4. The molecule has 0 bridgehead atoms. The van der Waals surface area contributed by atoms with Crippen molar-refractivity contribution in [3.8, 4) is 22.5 Å². The standard InChI is InChI=1S/C27H28N2O7S2/c1-14(2)15-6-5-7-16(12-15)21-18-8-9-20(28)25(37(30,31)32)23(18)36-24-19(21)13-17-10-11-27(3,4)29-22(17)26(24)38(33,34)35/h5-9,12-14,28-29H,10-11H2,1-4H3,(H,30,31,32)(H,33,34,35). The third-order valence-corrected chi connectivity index (χ3v) is 8.84. The molecular formula is C27H28N2O7S2. The maximum Gasteiger partial charge on any atom is 0.300 e. The van der Waals surface area contributed by atoms with Gasteiger partial charge in [0.2, 0.25) is 0 Å². The van der Waals surface area contributed by atoms with Crippen LogP contribution < -0.4 is 10.7 Å². The molecule has 0 atom stereocenters. The predicted molar refractivity (Wildman–Crippen MR) is 144 cm³/mol. The molecule has 9 nitrogen and oxygen atoms in total. The monoisotopic (exact) mass is 556 g/mol. The van der Waals surface area contributed by atoms with Crippen molar-refractivity contribution >= 4 is 36.9 Å². The maximum atomic E-state index is 12.9. The topological polar surface area (TPSA) is 158 Å². The average Bonchev–Trinajstić information content (AvgIpc) is 2.79. The lowest BCUT2D eigenvalue weighted by Gasteiger charge is -2.35. The Kier molecular flexibility index (Phi) is 5.99. The zero-order valence-electron chi connectivity index (χ0n) is 21.3. The van der Waals surface area contributed by atoms with Crippen LogP contribution in [-0.2, 0) is 26.7 Å². The van der Waals surface area contributed by atoms with Crippen LogP contribution in [0.5, 0.6) is 0 Å². The number of benzene rings is 3. The third-order valence-electron chi connectivity index (χ3n) is 7.01. The van der Waals surface area contributed by atoms with Crippen molar-refractivity contribution in [1.82, 2.24) is 0 Å². The molecule has 1 aliphatic carbocycles. The Balaban J connectivity index is 2.08. The molecule has 200 valence electrons. The van der Waals surface area contributed by atoms with Crippen LogP contribution in [0.2, 0.25) is 0 Å². The molecule has 0 amide bonds. The molecule has 2 aromatic rings. The highest BCUT2D eigenvalue weighted by Crippen LogP contribution is 2.48. The molecule has 4 N–H and O–H groups in total. The van der Waals surface area contributed by atoms with Crippen molar-refractivity contribution in [1.29, 1.82) is 5.41 Å². The van der Waals surface area contributed by atoms with Crippen LogP contribution >= 0.6 is 0 Å². The highest BCUT2D eigenvalue weighted by Gasteiger charge is 2.35. The van der Waals surface area contributed by atoms with Gasteiger partial charge in [-0.1, -0.05) is 38.1 Å². The van der Waals surface area contributed by atoms with E-state index in [-0.39, 0.29) is 28.5 Å². The Morgan fingerprint density at radius 3 is 2.32 bits per heavy atom. The molecule has 0 spiro atoms. The quantitative estimate of drug-likeness (QED) is 0.191. The Bertz CT molecular complexity index is 1870. The van der Waals surface area contributed by atoms with Crippen molar-refractivity contribution in [3.63, 3.8) is 0 Å². The number of rotatable bonds is 4. The maximum absolute atomic E-state index is 12.9. The number of aryl methyl sites for hydroxylation is 1. The van der Waals surface area contributed by atoms with Gasteiger partial charge in [-0.2, -0.15) is 16.8 Å². The highest BCUT2D eigenvalue weighted by molar-refractivity contribution is 7.86. The highest BCUT2D eigenvalue weighted by atomic mass is 32.2. The SMILES string of the molecule is CC(C)c1cccc(-c2c3ccc(=N)c(S(=O)(=O)O)c-3oc3c(S(=O)(=O)O)c4c(cc23)CCC(C)(C)N4)c1. The summed E-state index contributed by atoms with van der Waals surface area (Å²) < 4.78 is 76.9. The van der Waals surface area contributed by atoms with Gasteiger partial charge in [0.1, 0.15) is 0 Å². The molecule has 11 heteroatoms. The summed E-state index contributed by atoms with van der Waals surface area (Å²) in [5.41, 5.74) is 2.46. The van der Waals surface area contributed by atoms with Gasteiger partial charge in [0, 0.05) is 22.1 Å². The van der Waals surface area contributed by atoms with E-state index >= 15 is 0 Å². The van der Waals surface area contributed by atoms with Gasteiger partial charge in [-0.25, -0.2) is 0 Å². The van der Waals surface area contributed by atoms with Gasteiger partial charge in [-0.15, -0.1) is 0 Å². The van der Waals surface area contributed by atoms with Crippen LogP contribution in [0.25, 0.3) is 33.4 Å². The molecule has 0 unspecified atom stereocenters. The minimum absolute atomic E-state index is 0.168. The molecule has 2 aromatic carbocycles. The van der Waals surface area contributed by atoms with E-state index in [9.17, 15) is 25.9 Å². The van der Waals surface area contributed by atoms with E-state index in [1.54, 1.807) is 6.07 Å². The van der Waals surface area contributed by atoms with Gasteiger partial charge in [0.25, 0.3) is 20.2 Å². The van der Waals surface area contributed by atoms with Crippen LogP contribution in [0.3, 0.4) is 0 Å². The van der Waals surface area contributed by atoms with Crippen LogP contribution in [0.1, 0.15) is 51.2 Å². The molecule has 38 heavy (non-hydrogen) atoms. The zero-order chi connectivity index (χ0) is 27.8. The largest absolute Gasteiger partial charge is 0.453 e. The second-order valence-electron chi connectivity index (χ2n) is 10.7. The first-order chi connectivity index (χ1) is 17.6. The van der Waals surface area contributed by atoms with Crippen molar-refractivity contribution in [2.45, 2.75) is 61.8 Å². The van der Waals surface area contributed by atoms with E-state index in [0.29, 0.717) is 34.9 Å². The fourth-order valence-electron chi connectivity index (χ4n) is 5.14. The van der Waals surface area contributed by atoms with Gasteiger partial charge in [-0.05, 0) is 67.5 Å². The number of anilines is 1. The summed E-state index contributed by atoms with van der Waals surface area (Å²) in [5, 5.41) is 11.2. The van der Waals surface area contributed by atoms with Crippen molar-refractivity contribution in [2.75, 3.05) is 5.32 Å². The predicted octanol–water partition coefficient (Wildman–Crippen LogP) is 5.44. The third kappa shape index (κ3) is 4.39. The minimum Gasteiger partial charge on any atom is -0.453 e. The Morgan fingerprint density at radius 1 is 1.00 bits per heavy atom. The Labute approximate surface area is 220 Å². The first-order valence-electron chi connectivity index (χ1n) is 12.1. The summed E-state index contributed by atoms with van der Waals surface area (Å²) in [6, 6.07) is 12.1. The fourth-order valence-corrected chi connectivity index (χ4v) is 6.70. The normalized spacial score (nSPS) is 15.6. The van der Waals surface area contributed by atoms with Crippen molar-refractivity contribution in [2.24, 2.45) is 0 Å². The molecule has 0 saturated heterocycles. The average molecular weight is 557 g/mol. The fraction of sp³-hybridized carbons (Fsp3) is 0.296. The lowest BCUT2D eigenvalue weighted by atomic mass is 9.86. The van der Waals surface area contributed by atoms with E-state index < -0.39 is 40.9 Å². The number of fused-ring (bicyclic) bond motifs is 3. The summed E-state index contributed by atoms with van der Waals surface area (Å²) in [5.74, 6) is -0.209. The molecule has 0 fully saturated rings. The van der Waals surface area contributed by atoms with E-state index in [1.165, 1.54) is 12.1 Å². The van der Waals surface area contributed by atoms with Gasteiger partial charge in [0.15, 0.2) is 21.1 Å². The molecule has 2 heterocycles. The van der Waals surface area contributed by atoms with Crippen LogP contribution in [0.15, 0.2) is 56.7 Å². The molecule has 0 aromatic heterocycles. The summed E-state index contributed by atoms with van der Waals surface area (Å²) in [6.45, 7) is 7.85. The van der Waals surface area contributed by atoms with Crippen LogP contribution in [-0.4, -0.2) is 31.5 Å². The molecule has 3 aliphatic rings. The lowest BCUT2D eigenvalue weighted by Crippen LogP contribution is -2.36. The summed E-state index contributed by atoms with van der Waals surface area (Å²) >= 11 is 0. The first kappa shape index (κ1) is 26.4. The van der Waals surface area contributed by atoms with Crippen LogP contribution in [0.4, 0.5) is 5.69 Å². The summed E-state index contributed by atoms with van der Waals surface area (Å²) in [4.78, 5) is -1.30. The van der Waals surface area contributed by atoms with Gasteiger partial charge in [-0.3, -0.25) is 14.5 Å². The first-order valence-corrected chi connectivity index (χ1v) is 14.9. The van der Waals surface area contributed by atoms with Gasteiger partial charge >= 0.3 is 0 Å². The zero-order valence-corrected chi connectivity index (χ0v) is 22.9. The molecule has 5 rings (SSSR count). The summed E-state index contributed by atoms with van der Waals surface area (Å²) in [7, 11) is -9.83. The van der Waals surface area contributed by atoms with E-state index in [4.69, 9.17) is 9.83 Å².